The first kappa shape index (κ1) is 14.1. The van der Waals surface area contributed by atoms with Crippen molar-refractivity contribution in [3.05, 3.63) is 12.2 Å². The van der Waals surface area contributed by atoms with Crippen LogP contribution in [0.15, 0.2) is 17.1 Å². The topological polar surface area (TPSA) is 66.7 Å². The summed E-state index contributed by atoms with van der Waals surface area (Å²) in [6.07, 6.45) is 1.48. The number of hydrogen-bond acceptors (Lipinski definition) is 3. The van der Waals surface area contributed by atoms with Gasteiger partial charge < -0.3 is 5.11 Å². The predicted octanol–water partition coefficient (Wildman–Crippen LogP) is 1.77. The van der Waals surface area contributed by atoms with Gasteiger partial charge in [0.2, 0.25) is 6.08 Å². The summed E-state index contributed by atoms with van der Waals surface area (Å²) in [5.41, 5.74) is -0.0723. The second-order valence-electron chi connectivity index (χ2n) is 3.46. The average molecular weight is 185 g/mol. The Morgan fingerprint density at radius 2 is 1.77 bits per heavy atom. The van der Waals surface area contributed by atoms with Crippen molar-refractivity contribution in [2.45, 2.75) is 33.2 Å². The smallest absolute Gasteiger partial charge is 0.330 e. The molecule has 0 aromatic carbocycles. The predicted molar refractivity (Wildman–Crippen MR) is 50.3 cm³/mol. The molecule has 0 bridgehead atoms. The second kappa shape index (κ2) is 6.14. The maximum atomic E-state index is 9.60. The number of carbonyl (C=O) groups excluding carboxylic acids is 1. The fraction of sp³-hybridized carbons (Fsp3) is 0.556. The zero-order chi connectivity index (χ0) is 11.1. The van der Waals surface area contributed by atoms with Crippen LogP contribution in [0.25, 0.3) is 0 Å². The molecule has 0 fully saturated rings. The van der Waals surface area contributed by atoms with Gasteiger partial charge in [0.05, 0.1) is 5.54 Å². The van der Waals surface area contributed by atoms with Crippen LogP contribution >= 0.6 is 0 Å². The minimum atomic E-state index is -0.935. The molecule has 0 unspecified atom stereocenters. The van der Waals surface area contributed by atoms with Crippen LogP contribution in [0, 0.1) is 0 Å². The minimum Gasteiger partial charge on any atom is -0.478 e. The highest BCUT2D eigenvalue weighted by Gasteiger charge is 2.04. The van der Waals surface area contributed by atoms with E-state index >= 15 is 0 Å². The van der Waals surface area contributed by atoms with E-state index in [1.165, 1.54) is 13.0 Å². The molecule has 4 heteroatoms. The van der Waals surface area contributed by atoms with Crippen molar-refractivity contribution in [3.8, 4) is 0 Å². The molecule has 4 nitrogen and oxygen atoms in total. The third kappa shape index (κ3) is 18.0. The van der Waals surface area contributed by atoms with E-state index in [-0.39, 0.29) is 11.1 Å². The van der Waals surface area contributed by atoms with Gasteiger partial charge in [0, 0.05) is 5.57 Å². The minimum absolute atomic E-state index is 0.176. The third-order valence-electron chi connectivity index (χ3n) is 0.746. The number of aliphatic carboxylic acids is 1. The summed E-state index contributed by atoms with van der Waals surface area (Å²) < 4.78 is 0. The zero-order valence-electron chi connectivity index (χ0n) is 8.42. The summed E-state index contributed by atoms with van der Waals surface area (Å²) in [5, 5.41) is 7.89. The van der Waals surface area contributed by atoms with Crippen molar-refractivity contribution in [3.63, 3.8) is 0 Å². The lowest BCUT2D eigenvalue weighted by Gasteiger charge is -2.05. The molecule has 0 saturated carbocycles. The Morgan fingerprint density at radius 1 is 1.46 bits per heavy atom. The molecule has 0 amide bonds. The number of carbonyl (C=O) groups is 1. The first-order chi connectivity index (χ1) is 5.70. The van der Waals surface area contributed by atoms with E-state index in [1.807, 2.05) is 20.8 Å². The highest BCUT2D eigenvalue weighted by Crippen LogP contribution is 2.02. The maximum absolute atomic E-state index is 9.60. The molecule has 74 valence electrons. The molecular formula is C9H15NO3. The average Bonchev–Trinajstić information content (AvgIpc) is 1.85. The van der Waals surface area contributed by atoms with Gasteiger partial charge in [0.25, 0.3) is 0 Å². The Balaban J connectivity index is 0. The molecule has 0 atom stereocenters. The Bertz CT molecular complexity index is 220. The first-order valence-corrected chi connectivity index (χ1v) is 3.68. The highest BCUT2D eigenvalue weighted by atomic mass is 16.4. The van der Waals surface area contributed by atoms with Gasteiger partial charge in [-0.25, -0.2) is 14.6 Å². The van der Waals surface area contributed by atoms with Gasteiger partial charge in [0.15, 0.2) is 0 Å². The number of carboxylic acid groups (broad SMARTS) is 1. The van der Waals surface area contributed by atoms with Crippen molar-refractivity contribution >= 4 is 12.0 Å². The molecule has 0 aliphatic rings. The van der Waals surface area contributed by atoms with Gasteiger partial charge in [-0.2, -0.15) is 0 Å². The van der Waals surface area contributed by atoms with E-state index in [1.54, 1.807) is 0 Å². The SMILES string of the molecule is C=C(C)C(=O)O.CC(C)(C)N=C=O. The van der Waals surface area contributed by atoms with E-state index in [0.717, 1.165) is 0 Å². The Kier molecular flexibility index (Phi) is 6.68. The van der Waals surface area contributed by atoms with E-state index < -0.39 is 5.97 Å². The summed E-state index contributed by atoms with van der Waals surface area (Å²) in [4.78, 5) is 22.6. The van der Waals surface area contributed by atoms with Gasteiger partial charge >= 0.3 is 5.97 Å². The molecular weight excluding hydrogens is 170 g/mol. The van der Waals surface area contributed by atoms with Crippen LogP contribution in [0.1, 0.15) is 27.7 Å². The molecule has 0 saturated heterocycles. The molecule has 0 heterocycles. The van der Waals surface area contributed by atoms with E-state index in [9.17, 15) is 9.59 Å². The fourth-order valence-corrected chi connectivity index (χ4v) is 0.137. The zero-order valence-corrected chi connectivity index (χ0v) is 8.42. The van der Waals surface area contributed by atoms with E-state index in [4.69, 9.17) is 5.11 Å². The quantitative estimate of drug-likeness (QED) is 0.384. The van der Waals surface area contributed by atoms with Gasteiger partial charge in [-0.1, -0.05) is 6.58 Å². The van der Waals surface area contributed by atoms with Crippen LogP contribution in [0.2, 0.25) is 0 Å². The number of isocyanates is 1. The lowest BCUT2D eigenvalue weighted by Crippen LogP contribution is -2.07. The molecule has 0 aliphatic carbocycles. The summed E-state index contributed by atoms with van der Waals surface area (Å²) in [6.45, 7) is 10.1. The molecule has 0 aromatic heterocycles. The Labute approximate surface area is 78.0 Å². The second-order valence-corrected chi connectivity index (χ2v) is 3.46. The molecule has 0 rings (SSSR count). The number of carboxylic acids is 1. The Hall–Kier alpha value is -1.41. The van der Waals surface area contributed by atoms with Gasteiger partial charge in [-0.05, 0) is 27.7 Å². The lowest BCUT2D eigenvalue weighted by atomic mass is 10.1. The van der Waals surface area contributed by atoms with Crippen LogP contribution in [0.3, 0.4) is 0 Å². The summed E-state index contributed by atoms with van der Waals surface area (Å²) >= 11 is 0. The molecule has 0 aromatic rings. The van der Waals surface area contributed by atoms with Gasteiger partial charge in [-0.3, -0.25) is 0 Å². The molecule has 0 radical (unpaired) electrons. The fourth-order valence-electron chi connectivity index (χ4n) is 0.137. The Morgan fingerprint density at radius 3 is 1.77 bits per heavy atom. The van der Waals surface area contributed by atoms with Crippen LogP contribution in [0.5, 0.6) is 0 Å². The summed E-state index contributed by atoms with van der Waals surface area (Å²) in [6, 6.07) is 0. The molecule has 0 spiro atoms. The van der Waals surface area contributed by atoms with Crippen LogP contribution in [0.4, 0.5) is 0 Å². The normalized spacial score (nSPS) is 8.92. The monoisotopic (exact) mass is 185 g/mol. The van der Waals surface area contributed by atoms with Crippen molar-refractivity contribution < 1.29 is 14.7 Å². The van der Waals surface area contributed by atoms with Crippen LogP contribution < -0.4 is 0 Å². The van der Waals surface area contributed by atoms with Crippen molar-refractivity contribution in [1.82, 2.24) is 0 Å². The summed E-state index contributed by atoms with van der Waals surface area (Å²) in [5.74, 6) is -0.935. The van der Waals surface area contributed by atoms with Crippen molar-refractivity contribution in [2.75, 3.05) is 0 Å². The molecule has 13 heavy (non-hydrogen) atoms. The molecule has 1 N–H and O–H groups in total. The maximum Gasteiger partial charge on any atom is 0.330 e. The standard InChI is InChI=1S/C5H9NO.C4H6O2/c1-5(2,3)6-4-7;1-3(2)4(5)6/h1-3H3;1H2,2H3,(H,5,6). The van der Waals surface area contributed by atoms with E-state index in [2.05, 4.69) is 11.6 Å². The third-order valence-corrected chi connectivity index (χ3v) is 0.746. The van der Waals surface area contributed by atoms with Crippen LogP contribution in [-0.2, 0) is 9.59 Å². The van der Waals surface area contributed by atoms with E-state index in [0.29, 0.717) is 0 Å². The number of nitrogens with zero attached hydrogens (tertiary/aromatic N) is 1. The largest absolute Gasteiger partial charge is 0.478 e. The van der Waals surface area contributed by atoms with Crippen molar-refractivity contribution in [2.24, 2.45) is 4.99 Å². The number of rotatable bonds is 1. The number of aliphatic imine (C=N–C) groups is 1. The van der Waals surface area contributed by atoms with Gasteiger partial charge in [-0.15, -0.1) is 0 Å². The van der Waals surface area contributed by atoms with Crippen LogP contribution in [-0.4, -0.2) is 22.7 Å². The van der Waals surface area contributed by atoms with Crippen molar-refractivity contribution in [1.29, 1.82) is 0 Å². The lowest BCUT2D eigenvalue weighted by molar-refractivity contribution is -0.132. The van der Waals surface area contributed by atoms with Gasteiger partial charge in [0.1, 0.15) is 0 Å². The summed E-state index contributed by atoms with van der Waals surface area (Å²) in [7, 11) is 0. The highest BCUT2D eigenvalue weighted by molar-refractivity contribution is 5.84. The number of hydrogen-bond donors (Lipinski definition) is 1. The first-order valence-electron chi connectivity index (χ1n) is 3.68. The molecule has 0 aliphatic heterocycles.